The van der Waals surface area contributed by atoms with Crippen LogP contribution in [-0.2, 0) is 19.6 Å². The first-order chi connectivity index (χ1) is 13.6. The van der Waals surface area contributed by atoms with Gasteiger partial charge in [0.1, 0.15) is 12.1 Å². The number of urea groups is 1. The van der Waals surface area contributed by atoms with Gasteiger partial charge in [-0.05, 0) is 43.0 Å². The van der Waals surface area contributed by atoms with Gasteiger partial charge in [-0.3, -0.25) is 14.5 Å². The number of benzene rings is 1. The van der Waals surface area contributed by atoms with Crippen LogP contribution < -0.4 is 10.6 Å². The molecule has 2 fully saturated rings. The zero-order valence-electron chi connectivity index (χ0n) is 16.8. The first-order valence-corrected chi connectivity index (χ1v) is 11.0. The van der Waals surface area contributed by atoms with Gasteiger partial charge in [-0.15, -0.1) is 0 Å². The summed E-state index contributed by atoms with van der Waals surface area (Å²) in [5.74, 6) is -0.860. The minimum atomic E-state index is -3.56. The summed E-state index contributed by atoms with van der Waals surface area (Å²) in [6.45, 7) is 1.56. The molecule has 158 valence electrons. The molecule has 2 N–H and O–H groups in total. The summed E-state index contributed by atoms with van der Waals surface area (Å²) in [5, 5.41) is 5.41. The highest BCUT2D eigenvalue weighted by Crippen LogP contribution is 2.38. The number of amides is 4. The van der Waals surface area contributed by atoms with Crippen molar-refractivity contribution in [1.82, 2.24) is 14.5 Å². The molecule has 2 aliphatic rings. The van der Waals surface area contributed by atoms with E-state index in [-0.39, 0.29) is 16.7 Å². The van der Waals surface area contributed by atoms with Crippen molar-refractivity contribution in [2.45, 2.75) is 43.0 Å². The zero-order chi connectivity index (χ0) is 21.4. The third kappa shape index (κ3) is 3.86. The fraction of sp³-hybridized carbons (Fsp3) is 0.526. The van der Waals surface area contributed by atoms with Gasteiger partial charge in [0.15, 0.2) is 0 Å². The van der Waals surface area contributed by atoms with E-state index in [4.69, 9.17) is 0 Å². The second-order valence-electron chi connectivity index (χ2n) is 7.80. The van der Waals surface area contributed by atoms with E-state index < -0.39 is 34.0 Å². The summed E-state index contributed by atoms with van der Waals surface area (Å²) in [4.78, 5) is 38.7. The van der Waals surface area contributed by atoms with E-state index in [0.717, 1.165) is 28.5 Å². The van der Waals surface area contributed by atoms with Gasteiger partial charge in [0.2, 0.25) is 15.9 Å². The summed E-state index contributed by atoms with van der Waals surface area (Å²) in [5.41, 5.74) is -0.529. The second kappa shape index (κ2) is 7.75. The minimum Gasteiger partial charge on any atom is -0.325 e. The van der Waals surface area contributed by atoms with Crippen LogP contribution in [0.5, 0.6) is 0 Å². The van der Waals surface area contributed by atoms with E-state index in [9.17, 15) is 22.8 Å². The number of sulfonamides is 1. The van der Waals surface area contributed by atoms with Gasteiger partial charge in [-0.25, -0.2) is 17.5 Å². The molecule has 3 rings (SSSR count). The first kappa shape index (κ1) is 21.3. The van der Waals surface area contributed by atoms with Gasteiger partial charge in [0.05, 0.1) is 4.90 Å². The van der Waals surface area contributed by atoms with Crippen LogP contribution in [0.4, 0.5) is 10.5 Å². The quantitative estimate of drug-likeness (QED) is 0.696. The second-order valence-corrected chi connectivity index (χ2v) is 9.95. The summed E-state index contributed by atoms with van der Waals surface area (Å²) in [6, 6.07) is 5.15. The SMILES string of the molecule is C[C@H]1CCCC[C@]12NC(=O)N(CC(=O)Nc1ccc(S(=O)(=O)N(C)C)cc1)C2=O. The van der Waals surface area contributed by atoms with Crippen molar-refractivity contribution in [1.29, 1.82) is 0 Å². The molecule has 1 saturated heterocycles. The molecule has 1 spiro atoms. The lowest BCUT2D eigenvalue weighted by Crippen LogP contribution is -2.54. The Labute approximate surface area is 170 Å². The molecular weight excluding hydrogens is 396 g/mol. The maximum atomic E-state index is 12.9. The highest BCUT2D eigenvalue weighted by molar-refractivity contribution is 7.89. The molecule has 0 unspecified atom stereocenters. The average Bonchev–Trinajstić information content (AvgIpc) is 2.89. The first-order valence-electron chi connectivity index (χ1n) is 9.54. The Bertz CT molecular complexity index is 928. The fourth-order valence-electron chi connectivity index (χ4n) is 3.90. The molecule has 0 radical (unpaired) electrons. The summed E-state index contributed by atoms with van der Waals surface area (Å²) in [6.07, 6.45) is 3.32. The van der Waals surface area contributed by atoms with Crippen LogP contribution in [0, 0.1) is 5.92 Å². The van der Waals surface area contributed by atoms with Gasteiger partial charge >= 0.3 is 6.03 Å². The predicted molar refractivity (Wildman–Crippen MR) is 107 cm³/mol. The number of rotatable bonds is 5. The Balaban J connectivity index is 1.67. The maximum absolute atomic E-state index is 12.9. The standard InChI is InChI=1S/C19H26N4O5S/c1-13-6-4-5-11-19(13)17(25)23(18(26)21-19)12-16(24)20-14-7-9-15(10-8-14)29(27,28)22(2)3/h7-10,13H,4-6,11-12H2,1-3H3,(H,20,24)(H,21,26)/t13-,19-/m0/s1. The Morgan fingerprint density at radius 2 is 1.90 bits per heavy atom. The lowest BCUT2D eigenvalue weighted by Gasteiger charge is -2.36. The molecule has 1 aliphatic heterocycles. The van der Waals surface area contributed by atoms with Gasteiger partial charge in [0.25, 0.3) is 5.91 Å². The Morgan fingerprint density at radius 1 is 1.24 bits per heavy atom. The number of carbonyl (C=O) groups excluding carboxylic acids is 3. The topological polar surface area (TPSA) is 116 Å². The Hall–Kier alpha value is -2.46. The Morgan fingerprint density at radius 3 is 2.48 bits per heavy atom. The number of nitrogens with one attached hydrogen (secondary N) is 2. The van der Waals surface area contributed by atoms with Crippen molar-refractivity contribution in [2.75, 3.05) is 26.0 Å². The lowest BCUT2D eigenvalue weighted by molar-refractivity contribution is -0.136. The van der Waals surface area contributed by atoms with E-state index in [1.54, 1.807) is 0 Å². The number of imide groups is 1. The lowest BCUT2D eigenvalue weighted by atomic mass is 9.73. The summed E-state index contributed by atoms with van der Waals surface area (Å²) in [7, 11) is -0.694. The van der Waals surface area contributed by atoms with Gasteiger partial charge in [-0.2, -0.15) is 0 Å². The van der Waals surface area contributed by atoms with E-state index in [1.165, 1.54) is 38.4 Å². The van der Waals surface area contributed by atoms with E-state index in [2.05, 4.69) is 10.6 Å². The van der Waals surface area contributed by atoms with Crippen molar-refractivity contribution in [3.05, 3.63) is 24.3 Å². The molecular formula is C19H26N4O5S. The molecule has 10 heteroatoms. The molecule has 0 aromatic heterocycles. The van der Waals surface area contributed by atoms with Crippen LogP contribution in [0.3, 0.4) is 0 Å². The van der Waals surface area contributed by atoms with Crippen LogP contribution in [0.25, 0.3) is 0 Å². The van der Waals surface area contributed by atoms with Gasteiger partial charge in [0, 0.05) is 19.8 Å². The predicted octanol–water partition coefficient (Wildman–Crippen LogP) is 1.38. The van der Waals surface area contributed by atoms with Crippen LogP contribution >= 0.6 is 0 Å². The number of nitrogens with zero attached hydrogens (tertiary/aromatic N) is 2. The van der Waals surface area contributed by atoms with Crippen LogP contribution in [0.2, 0.25) is 0 Å². The molecule has 29 heavy (non-hydrogen) atoms. The van der Waals surface area contributed by atoms with Gasteiger partial charge in [-0.1, -0.05) is 19.8 Å². The number of carbonyl (C=O) groups is 3. The van der Waals surface area contributed by atoms with Crippen molar-refractivity contribution < 1.29 is 22.8 Å². The molecule has 1 aromatic carbocycles. The number of hydrogen-bond acceptors (Lipinski definition) is 5. The highest BCUT2D eigenvalue weighted by atomic mass is 32.2. The normalized spacial score (nSPS) is 24.8. The summed E-state index contributed by atoms with van der Waals surface area (Å²) < 4.78 is 25.3. The summed E-state index contributed by atoms with van der Waals surface area (Å²) >= 11 is 0. The minimum absolute atomic E-state index is 0.0203. The largest absolute Gasteiger partial charge is 0.325 e. The molecule has 1 saturated carbocycles. The van der Waals surface area contributed by atoms with Crippen LogP contribution in [-0.4, -0.2) is 61.6 Å². The average molecular weight is 423 g/mol. The zero-order valence-corrected chi connectivity index (χ0v) is 17.6. The monoisotopic (exact) mass is 422 g/mol. The molecule has 0 bridgehead atoms. The Kier molecular flexibility index (Phi) is 5.68. The third-order valence-corrected chi connectivity index (χ3v) is 7.55. The highest BCUT2D eigenvalue weighted by Gasteiger charge is 2.55. The molecule has 1 heterocycles. The van der Waals surface area contributed by atoms with Gasteiger partial charge < -0.3 is 10.6 Å². The number of hydrogen-bond donors (Lipinski definition) is 2. The molecule has 4 amide bonds. The third-order valence-electron chi connectivity index (χ3n) is 5.72. The van der Waals surface area contributed by atoms with Crippen LogP contribution in [0.1, 0.15) is 32.6 Å². The van der Waals surface area contributed by atoms with Crippen molar-refractivity contribution in [3.63, 3.8) is 0 Å². The van der Waals surface area contributed by atoms with Crippen molar-refractivity contribution >= 4 is 33.6 Å². The smallest absolute Gasteiger partial charge is 0.325 e. The maximum Gasteiger partial charge on any atom is 0.325 e. The molecule has 1 aromatic rings. The molecule has 2 atom stereocenters. The van der Waals surface area contributed by atoms with Crippen molar-refractivity contribution in [2.24, 2.45) is 5.92 Å². The van der Waals surface area contributed by atoms with E-state index in [1.807, 2.05) is 6.92 Å². The fourth-order valence-corrected chi connectivity index (χ4v) is 4.81. The number of anilines is 1. The van der Waals surface area contributed by atoms with Crippen molar-refractivity contribution in [3.8, 4) is 0 Å². The molecule has 9 nitrogen and oxygen atoms in total. The van der Waals surface area contributed by atoms with E-state index in [0.29, 0.717) is 12.1 Å². The van der Waals surface area contributed by atoms with E-state index >= 15 is 0 Å². The molecule has 1 aliphatic carbocycles. The van der Waals surface area contributed by atoms with Crippen LogP contribution in [0.15, 0.2) is 29.2 Å².